The zero-order chi connectivity index (χ0) is 18.5. The SMILES string of the molecule is CC(C)N1CCN(C(=O)C2CCC(NC(=O)N3CCCCC3)CC2)CC1. The molecule has 6 heteroatoms. The van der Waals surface area contributed by atoms with Gasteiger partial charge in [0.25, 0.3) is 0 Å². The Bertz CT molecular complexity index is 474. The van der Waals surface area contributed by atoms with Crippen molar-refractivity contribution in [2.75, 3.05) is 39.3 Å². The van der Waals surface area contributed by atoms with Crippen molar-refractivity contribution in [1.82, 2.24) is 20.0 Å². The third-order valence-corrected chi connectivity index (χ3v) is 6.40. The third kappa shape index (κ3) is 4.90. The monoisotopic (exact) mass is 364 g/mol. The first kappa shape index (κ1) is 19.5. The number of nitrogens with one attached hydrogen (secondary N) is 1. The van der Waals surface area contributed by atoms with Crippen LogP contribution in [0.15, 0.2) is 0 Å². The second-order valence-corrected chi connectivity index (χ2v) is 8.50. The lowest BCUT2D eigenvalue weighted by Crippen LogP contribution is -2.53. The van der Waals surface area contributed by atoms with Gasteiger partial charge in [0.1, 0.15) is 0 Å². The Balaban J connectivity index is 1.39. The van der Waals surface area contributed by atoms with Gasteiger partial charge in [-0.1, -0.05) is 0 Å². The summed E-state index contributed by atoms with van der Waals surface area (Å²) in [7, 11) is 0. The molecule has 0 aromatic rings. The molecule has 148 valence electrons. The molecule has 1 saturated carbocycles. The van der Waals surface area contributed by atoms with Crippen molar-refractivity contribution in [3.8, 4) is 0 Å². The Hall–Kier alpha value is -1.30. The molecule has 26 heavy (non-hydrogen) atoms. The first-order valence-corrected chi connectivity index (χ1v) is 10.6. The maximum absolute atomic E-state index is 12.8. The van der Waals surface area contributed by atoms with Crippen molar-refractivity contribution in [2.24, 2.45) is 5.92 Å². The Labute approximate surface area is 158 Å². The average Bonchev–Trinajstić information content (AvgIpc) is 2.69. The van der Waals surface area contributed by atoms with E-state index < -0.39 is 0 Å². The van der Waals surface area contributed by atoms with Gasteiger partial charge in [0.15, 0.2) is 0 Å². The van der Waals surface area contributed by atoms with Crippen molar-refractivity contribution < 1.29 is 9.59 Å². The minimum Gasteiger partial charge on any atom is -0.340 e. The highest BCUT2D eigenvalue weighted by Crippen LogP contribution is 2.27. The van der Waals surface area contributed by atoms with Gasteiger partial charge in [-0.15, -0.1) is 0 Å². The van der Waals surface area contributed by atoms with Crippen LogP contribution in [-0.4, -0.2) is 78.0 Å². The minimum atomic E-state index is 0.101. The van der Waals surface area contributed by atoms with Gasteiger partial charge in [0.05, 0.1) is 0 Å². The predicted octanol–water partition coefficient (Wildman–Crippen LogP) is 2.29. The Morgan fingerprint density at radius 2 is 1.42 bits per heavy atom. The number of rotatable bonds is 3. The van der Waals surface area contributed by atoms with Crippen molar-refractivity contribution in [3.05, 3.63) is 0 Å². The largest absolute Gasteiger partial charge is 0.340 e. The van der Waals surface area contributed by atoms with Crippen molar-refractivity contribution in [2.45, 2.75) is 70.9 Å². The molecule has 0 aromatic heterocycles. The molecule has 2 heterocycles. The van der Waals surface area contributed by atoms with E-state index in [1.54, 1.807) is 0 Å². The summed E-state index contributed by atoms with van der Waals surface area (Å²) in [6.45, 7) is 9.93. The van der Waals surface area contributed by atoms with Gasteiger partial charge in [-0.25, -0.2) is 4.79 Å². The van der Waals surface area contributed by atoms with E-state index in [1.807, 2.05) is 4.90 Å². The number of piperidine rings is 1. The summed E-state index contributed by atoms with van der Waals surface area (Å²) in [5.74, 6) is 0.498. The molecule has 0 radical (unpaired) electrons. The Morgan fingerprint density at radius 1 is 0.808 bits per heavy atom. The topological polar surface area (TPSA) is 55.9 Å². The highest BCUT2D eigenvalue weighted by Gasteiger charge is 2.32. The highest BCUT2D eigenvalue weighted by molar-refractivity contribution is 5.79. The van der Waals surface area contributed by atoms with Gasteiger partial charge in [-0.2, -0.15) is 0 Å². The van der Waals surface area contributed by atoms with E-state index in [-0.39, 0.29) is 18.0 Å². The molecule has 1 aliphatic carbocycles. The number of nitrogens with zero attached hydrogens (tertiary/aromatic N) is 3. The molecule has 2 aliphatic heterocycles. The molecule has 0 spiro atoms. The van der Waals surface area contributed by atoms with Gasteiger partial charge in [-0.3, -0.25) is 9.69 Å². The fourth-order valence-electron chi connectivity index (χ4n) is 4.56. The van der Waals surface area contributed by atoms with Crippen molar-refractivity contribution in [3.63, 3.8) is 0 Å². The maximum atomic E-state index is 12.8. The molecule has 3 fully saturated rings. The van der Waals surface area contributed by atoms with E-state index in [9.17, 15) is 9.59 Å². The van der Waals surface area contributed by atoms with Crippen LogP contribution in [0.5, 0.6) is 0 Å². The number of piperazine rings is 1. The number of hydrogen-bond donors (Lipinski definition) is 1. The molecule has 3 amide bonds. The number of amides is 3. The summed E-state index contributed by atoms with van der Waals surface area (Å²) in [5, 5.41) is 3.20. The zero-order valence-corrected chi connectivity index (χ0v) is 16.6. The first-order chi connectivity index (χ1) is 12.5. The zero-order valence-electron chi connectivity index (χ0n) is 16.6. The van der Waals surface area contributed by atoms with Crippen LogP contribution >= 0.6 is 0 Å². The molecule has 3 rings (SSSR count). The fraction of sp³-hybridized carbons (Fsp3) is 0.900. The summed E-state index contributed by atoms with van der Waals surface area (Å²) < 4.78 is 0. The van der Waals surface area contributed by atoms with Gasteiger partial charge in [0, 0.05) is 57.3 Å². The molecular formula is C20H36N4O2. The van der Waals surface area contributed by atoms with E-state index in [0.29, 0.717) is 11.9 Å². The van der Waals surface area contributed by atoms with Crippen LogP contribution in [0.1, 0.15) is 58.8 Å². The van der Waals surface area contributed by atoms with Gasteiger partial charge in [0.2, 0.25) is 5.91 Å². The summed E-state index contributed by atoms with van der Waals surface area (Å²) in [4.78, 5) is 31.6. The minimum absolute atomic E-state index is 0.101. The maximum Gasteiger partial charge on any atom is 0.317 e. The number of carbonyl (C=O) groups is 2. The van der Waals surface area contributed by atoms with E-state index in [4.69, 9.17) is 0 Å². The second kappa shape index (κ2) is 9.07. The average molecular weight is 365 g/mol. The summed E-state index contributed by atoms with van der Waals surface area (Å²) in [6.07, 6.45) is 7.17. The fourth-order valence-corrected chi connectivity index (χ4v) is 4.56. The van der Waals surface area contributed by atoms with E-state index in [0.717, 1.165) is 77.8 Å². The lowest BCUT2D eigenvalue weighted by atomic mass is 9.85. The highest BCUT2D eigenvalue weighted by atomic mass is 16.2. The number of urea groups is 1. The molecule has 2 saturated heterocycles. The molecule has 0 unspecified atom stereocenters. The predicted molar refractivity (Wildman–Crippen MR) is 103 cm³/mol. The van der Waals surface area contributed by atoms with Crippen LogP contribution in [0.2, 0.25) is 0 Å². The summed E-state index contributed by atoms with van der Waals surface area (Å²) in [6, 6.07) is 0.904. The molecule has 0 bridgehead atoms. The van der Waals surface area contributed by atoms with Crippen LogP contribution in [0.4, 0.5) is 4.79 Å². The van der Waals surface area contributed by atoms with Crippen LogP contribution < -0.4 is 5.32 Å². The third-order valence-electron chi connectivity index (χ3n) is 6.40. The first-order valence-electron chi connectivity index (χ1n) is 10.6. The van der Waals surface area contributed by atoms with E-state index in [2.05, 4.69) is 29.0 Å². The molecule has 3 aliphatic rings. The number of likely N-dealkylation sites (tertiary alicyclic amines) is 1. The molecule has 0 atom stereocenters. The lowest BCUT2D eigenvalue weighted by molar-refractivity contribution is -0.138. The Kier molecular flexibility index (Phi) is 6.79. The van der Waals surface area contributed by atoms with Crippen LogP contribution in [-0.2, 0) is 4.79 Å². The molecule has 1 N–H and O–H groups in total. The standard InChI is InChI=1S/C20H36N4O2/c1-16(2)22-12-14-23(15-13-22)19(25)17-6-8-18(9-7-17)21-20(26)24-10-4-3-5-11-24/h16-18H,3-15H2,1-2H3,(H,21,26). The van der Waals surface area contributed by atoms with Crippen LogP contribution in [0, 0.1) is 5.92 Å². The quantitative estimate of drug-likeness (QED) is 0.836. The van der Waals surface area contributed by atoms with Crippen molar-refractivity contribution in [1.29, 1.82) is 0 Å². The van der Waals surface area contributed by atoms with Crippen molar-refractivity contribution >= 4 is 11.9 Å². The lowest BCUT2D eigenvalue weighted by Gasteiger charge is -2.39. The number of carbonyl (C=O) groups excluding carboxylic acids is 2. The van der Waals surface area contributed by atoms with Crippen LogP contribution in [0.25, 0.3) is 0 Å². The Morgan fingerprint density at radius 3 is 2.00 bits per heavy atom. The van der Waals surface area contributed by atoms with E-state index >= 15 is 0 Å². The smallest absolute Gasteiger partial charge is 0.317 e. The van der Waals surface area contributed by atoms with Gasteiger partial charge < -0.3 is 15.1 Å². The molecular weight excluding hydrogens is 328 g/mol. The van der Waals surface area contributed by atoms with Crippen LogP contribution in [0.3, 0.4) is 0 Å². The van der Waals surface area contributed by atoms with E-state index in [1.165, 1.54) is 6.42 Å². The molecule has 0 aromatic carbocycles. The van der Waals surface area contributed by atoms with Gasteiger partial charge in [-0.05, 0) is 58.8 Å². The number of hydrogen-bond acceptors (Lipinski definition) is 3. The normalized spacial score (nSPS) is 28.3. The van der Waals surface area contributed by atoms with Gasteiger partial charge >= 0.3 is 6.03 Å². The summed E-state index contributed by atoms with van der Waals surface area (Å²) in [5.41, 5.74) is 0. The second-order valence-electron chi connectivity index (χ2n) is 8.50. The summed E-state index contributed by atoms with van der Waals surface area (Å²) >= 11 is 0. The molecule has 6 nitrogen and oxygen atoms in total.